The third kappa shape index (κ3) is 4.16. The maximum absolute atomic E-state index is 12.2. The monoisotopic (exact) mass is 284 g/mol. The lowest BCUT2D eigenvalue weighted by Gasteiger charge is -2.07. The average molecular weight is 284 g/mol. The molecule has 1 heterocycles. The zero-order valence-electron chi connectivity index (χ0n) is 11.7. The predicted octanol–water partition coefficient (Wildman–Crippen LogP) is 0.661. The summed E-state index contributed by atoms with van der Waals surface area (Å²) < 4.78 is 4.86. The van der Waals surface area contributed by atoms with E-state index in [9.17, 15) is 4.79 Å². The van der Waals surface area contributed by atoms with E-state index in [1.54, 1.807) is 6.07 Å². The van der Waals surface area contributed by atoms with Gasteiger partial charge in [0.25, 0.3) is 5.91 Å². The molecule has 21 heavy (non-hydrogen) atoms. The molecule has 0 aliphatic heterocycles. The molecule has 2 aromatic rings. The Hall–Kier alpha value is -2.65. The fourth-order valence-corrected chi connectivity index (χ4v) is 1.79. The number of nitrogens with two attached hydrogens (primary N) is 1. The minimum atomic E-state index is -0.184. The van der Waals surface area contributed by atoms with Crippen LogP contribution < -0.4 is 11.1 Å². The molecule has 3 N–H and O–H groups in total. The summed E-state index contributed by atoms with van der Waals surface area (Å²) in [5.41, 5.74) is 7.63. The summed E-state index contributed by atoms with van der Waals surface area (Å²) in [6.07, 6.45) is 1.82. The second-order valence-corrected chi connectivity index (χ2v) is 4.40. The number of aryl methyl sites for hydroxylation is 1. The first-order valence-electron chi connectivity index (χ1n) is 6.54. The number of rotatable bonds is 4. The first-order valence-corrected chi connectivity index (χ1v) is 6.54. The van der Waals surface area contributed by atoms with Gasteiger partial charge in [-0.15, -0.1) is 0 Å². The number of carbonyl (C=O) groups is 1. The van der Waals surface area contributed by atoms with Gasteiger partial charge in [0, 0.05) is 18.5 Å². The van der Waals surface area contributed by atoms with Crippen molar-refractivity contribution in [2.24, 2.45) is 5.73 Å². The van der Waals surface area contributed by atoms with E-state index in [0.717, 1.165) is 5.56 Å². The Kier molecular flexibility index (Phi) is 5.07. The van der Waals surface area contributed by atoms with Crippen molar-refractivity contribution in [3.05, 3.63) is 47.1 Å². The zero-order chi connectivity index (χ0) is 15.1. The summed E-state index contributed by atoms with van der Waals surface area (Å²) in [5, 5.41) is 6.31. The van der Waals surface area contributed by atoms with E-state index in [0.29, 0.717) is 30.0 Å². The highest BCUT2D eigenvalue weighted by Crippen LogP contribution is 2.10. The maximum Gasteiger partial charge on any atom is 0.252 e. The third-order valence-corrected chi connectivity index (χ3v) is 2.78. The van der Waals surface area contributed by atoms with E-state index in [1.165, 1.54) is 6.33 Å². The topological polar surface area (TPSA) is 94.0 Å². The lowest BCUT2D eigenvalue weighted by atomic mass is 10.0. The van der Waals surface area contributed by atoms with Gasteiger partial charge in [-0.2, -0.15) is 4.98 Å². The quantitative estimate of drug-likeness (QED) is 0.804. The lowest BCUT2D eigenvalue weighted by Crippen LogP contribution is -2.26. The van der Waals surface area contributed by atoms with E-state index in [1.807, 2.05) is 19.1 Å². The van der Waals surface area contributed by atoms with Gasteiger partial charge >= 0.3 is 0 Å². The smallest absolute Gasteiger partial charge is 0.252 e. The second-order valence-electron chi connectivity index (χ2n) is 4.40. The standard InChI is InChI=1S/C15H16N4O2/c1-11-4-5-13(12(9-11)3-2-7-16)15(20)17-8-6-14-18-10-19-21-14/h4-5,9-10H,6-8,16H2,1H3,(H,17,20). The summed E-state index contributed by atoms with van der Waals surface area (Å²) in [5.74, 6) is 6.00. The lowest BCUT2D eigenvalue weighted by molar-refractivity contribution is 0.0953. The summed E-state index contributed by atoms with van der Waals surface area (Å²) in [7, 11) is 0. The molecule has 1 amide bonds. The Bertz CT molecular complexity index is 669. The Morgan fingerprint density at radius 1 is 1.48 bits per heavy atom. The van der Waals surface area contributed by atoms with Gasteiger partial charge in [-0.25, -0.2) is 0 Å². The van der Waals surface area contributed by atoms with Crippen LogP contribution in [-0.4, -0.2) is 29.1 Å². The predicted molar refractivity (Wildman–Crippen MR) is 77.4 cm³/mol. The minimum Gasteiger partial charge on any atom is -0.351 e. The molecular formula is C15H16N4O2. The Labute approximate surface area is 122 Å². The molecule has 0 atom stereocenters. The molecule has 0 bridgehead atoms. The molecule has 1 aromatic heterocycles. The van der Waals surface area contributed by atoms with E-state index < -0.39 is 0 Å². The molecule has 0 saturated heterocycles. The van der Waals surface area contributed by atoms with Gasteiger partial charge in [0.2, 0.25) is 5.89 Å². The van der Waals surface area contributed by atoms with Crippen molar-refractivity contribution in [1.82, 2.24) is 15.5 Å². The second kappa shape index (κ2) is 7.22. The number of aromatic nitrogens is 2. The van der Waals surface area contributed by atoms with Crippen LogP contribution in [0.2, 0.25) is 0 Å². The summed E-state index contributed by atoms with van der Waals surface area (Å²) >= 11 is 0. The molecule has 1 aromatic carbocycles. The molecule has 0 saturated carbocycles. The number of amides is 1. The van der Waals surface area contributed by atoms with Crippen LogP contribution in [0.25, 0.3) is 0 Å². The molecule has 2 rings (SSSR count). The van der Waals surface area contributed by atoms with Crippen molar-refractivity contribution in [3.8, 4) is 11.8 Å². The molecule has 0 aliphatic carbocycles. The Morgan fingerprint density at radius 3 is 3.05 bits per heavy atom. The number of nitrogens with one attached hydrogen (secondary N) is 1. The number of hydrogen-bond acceptors (Lipinski definition) is 5. The van der Waals surface area contributed by atoms with E-state index in [-0.39, 0.29) is 12.5 Å². The molecule has 0 spiro atoms. The molecule has 0 fully saturated rings. The highest BCUT2D eigenvalue weighted by atomic mass is 16.5. The largest absolute Gasteiger partial charge is 0.351 e. The molecule has 0 unspecified atom stereocenters. The van der Waals surface area contributed by atoms with Crippen LogP contribution in [0.1, 0.15) is 27.4 Å². The first-order chi connectivity index (χ1) is 10.2. The Morgan fingerprint density at radius 2 is 2.33 bits per heavy atom. The molecule has 0 aliphatic rings. The van der Waals surface area contributed by atoms with E-state index in [4.69, 9.17) is 10.3 Å². The van der Waals surface area contributed by atoms with Gasteiger partial charge in [0.05, 0.1) is 12.1 Å². The van der Waals surface area contributed by atoms with Crippen LogP contribution in [0.4, 0.5) is 0 Å². The maximum atomic E-state index is 12.2. The minimum absolute atomic E-state index is 0.184. The SMILES string of the molecule is Cc1ccc(C(=O)NCCc2ncno2)c(C#CCN)c1. The van der Waals surface area contributed by atoms with Crippen LogP contribution in [-0.2, 0) is 6.42 Å². The van der Waals surface area contributed by atoms with Crippen molar-refractivity contribution in [2.45, 2.75) is 13.3 Å². The van der Waals surface area contributed by atoms with Gasteiger partial charge in [0.1, 0.15) is 0 Å². The number of nitrogens with zero attached hydrogens (tertiary/aromatic N) is 2. The number of hydrogen-bond donors (Lipinski definition) is 2. The van der Waals surface area contributed by atoms with Crippen LogP contribution in [0.15, 0.2) is 29.0 Å². The molecule has 6 nitrogen and oxygen atoms in total. The van der Waals surface area contributed by atoms with Gasteiger partial charge in [-0.05, 0) is 24.6 Å². The van der Waals surface area contributed by atoms with Crippen molar-refractivity contribution >= 4 is 5.91 Å². The fourth-order valence-electron chi connectivity index (χ4n) is 1.79. The summed E-state index contributed by atoms with van der Waals surface area (Å²) in [6, 6.07) is 5.51. The van der Waals surface area contributed by atoms with Gasteiger partial charge in [0.15, 0.2) is 6.33 Å². The molecular weight excluding hydrogens is 268 g/mol. The van der Waals surface area contributed by atoms with Crippen LogP contribution in [0.5, 0.6) is 0 Å². The van der Waals surface area contributed by atoms with Crippen molar-refractivity contribution in [2.75, 3.05) is 13.1 Å². The normalized spacial score (nSPS) is 9.81. The first kappa shape index (κ1) is 14.8. The van der Waals surface area contributed by atoms with E-state index >= 15 is 0 Å². The molecule has 0 radical (unpaired) electrons. The average Bonchev–Trinajstić information content (AvgIpc) is 2.98. The number of benzene rings is 1. The fraction of sp³-hybridized carbons (Fsp3) is 0.267. The van der Waals surface area contributed by atoms with Crippen LogP contribution in [0, 0.1) is 18.8 Å². The van der Waals surface area contributed by atoms with Crippen LogP contribution in [0.3, 0.4) is 0 Å². The molecule has 108 valence electrons. The highest BCUT2D eigenvalue weighted by molar-refractivity contribution is 5.96. The van der Waals surface area contributed by atoms with Gasteiger partial charge < -0.3 is 15.6 Å². The molecule has 6 heteroatoms. The van der Waals surface area contributed by atoms with Crippen molar-refractivity contribution in [1.29, 1.82) is 0 Å². The summed E-state index contributed by atoms with van der Waals surface area (Å²) in [6.45, 7) is 2.62. The third-order valence-electron chi connectivity index (χ3n) is 2.78. The highest BCUT2D eigenvalue weighted by Gasteiger charge is 2.10. The van der Waals surface area contributed by atoms with Gasteiger partial charge in [-0.1, -0.05) is 23.1 Å². The van der Waals surface area contributed by atoms with E-state index in [2.05, 4.69) is 27.3 Å². The zero-order valence-corrected chi connectivity index (χ0v) is 11.7. The van der Waals surface area contributed by atoms with Crippen LogP contribution >= 0.6 is 0 Å². The van der Waals surface area contributed by atoms with Gasteiger partial charge in [-0.3, -0.25) is 4.79 Å². The Balaban J connectivity index is 2.04. The van der Waals surface area contributed by atoms with Crippen molar-refractivity contribution in [3.63, 3.8) is 0 Å². The number of carbonyl (C=O) groups excluding carboxylic acids is 1. The summed E-state index contributed by atoms with van der Waals surface area (Å²) in [4.78, 5) is 16.1. The van der Waals surface area contributed by atoms with Crippen molar-refractivity contribution < 1.29 is 9.32 Å².